The molecule has 0 saturated heterocycles. The largest absolute Gasteiger partial charge is 0.477 e. The Hall–Kier alpha value is -2.14. The fourth-order valence-electron chi connectivity index (χ4n) is 1.88. The van der Waals surface area contributed by atoms with Crippen LogP contribution in [0.25, 0.3) is 10.9 Å². The molecular weight excluding hydrogens is 248 g/mol. The molecule has 1 N–H and O–H groups in total. The maximum absolute atomic E-state index is 10.8. The van der Waals surface area contributed by atoms with Crippen LogP contribution in [0.4, 0.5) is 0 Å². The molecule has 0 spiro atoms. The van der Waals surface area contributed by atoms with Crippen LogP contribution < -0.4 is 0 Å². The highest BCUT2D eigenvalue weighted by atomic mass is 32.1. The lowest BCUT2D eigenvalue weighted by Gasteiger charge is -2.00. The van der Waals surface area contributed by atoms with Crippen LogP contribution in [0.1, 0.15) is 14.5 Å². The van der Waals surface area contributed by atoms with Gasteiger partial charge < -0.3 is 5.11 Å². The molecule has 0 atom stereocenters. The quantitative estimate of drug-likeness (QED) is 0.786. The molecular formula is C13H10N2O2S. The Kier molecular flexibility index (Phi) is 2.60. The predicted molar refractivity (Wildman–Crippen MR) is 70.1 cm³/mol. The molecule has 4 nitrogen and oxygen atoms in total. The van der Waals surface area contributed by atoms with Gasteiger partial charge in [-0.1, -0.05) is 18.2 Å². The molecule has 3 rings (SSSR count). The van der Waals surface area contributed by atoms with Crippen molar-refractivity contribution in [2.45, 2.75) is 6.54 Å². The summed E-state index contributed by atoms with van der Waals surface area (Å²) >= 11 is 1.29. The normalized spacial score (nSPS) is 10.9. The molecule has 0 saturated carbocycles. The van der Waals surface area contributed by atoms with Gasteiger partial charge in [0.1, 0.15) is 4.88 Å². The smallest absolute Gasteiger partial charge is 0.345 e. The third kappa shape index (κ3) is 1.89. The summed E-state index contributed by atoms with van der Waals surface area (Å²) in [6, 6.07) is 11.4. The van der Waals surface area contributed by atoms with Crippen LogP contribution in [0.2, 0.25) is 0 Å². The first kappa shape index (κ1) is 11.0. The standard InChI is InChI=1S/C13H10N2O2S/c16-13(17)12-6-5-10(18-12)8-15-11-4-2-1-3-9(11)7-14-15/h1-7H,8H2,(H,16,17). The number of hydrogen-bond donors (Lipinski definition) is 1. The van der Waals surface area contributed by atoms with Crippen molar-refractivity contribution in [1.29, 1.82) is 0 Å². The molecule has 18 heavy (non-hydrogen) atoms. The average Bonchev–Trinajstić information content (AvgIpc) is 2.98. The number of benzene rings is 1. The van der Waals surface area contributed by atoms with Crippen LogP contribution in [0.3, 0.4) is 0 Å². The Balaban J connectivity index is 1.93. The van der Waals surface area contributed by atoms with Crippen LogP contribution in [0.15, 0.2) is 42.6 Å². The minimum absolute atomic E-state index is 0.362. The van der Waals surface area contributed by atoms with Crippen LogP contribution >= 0.6 is 11.3 Å². The number of carbonyl (C=O) groups is 1. The summed E-state index contributed by atoms with van der Waals surface area (Å²) in [5, 5.41) is 14.3. The van der Waals surface area contributed by atoms with E-state index in [-0.39, 0.29) is 0 Å². The van der Waals surface area contributed by atoms with Crippen LogP contribution in [0, 0.1) is 0 Å². The number of thiophene rings is 1. The number of fused-ring (bicyclic) bond motifs is 1. The molecule has 0 bridgehead atoms. The van der Waals surface area contributed by atoms with Crippen LogP contribution in [-0.2, 0) is 6.54 Å². The summed E-state index contributed by atoms with van der Waals surface area (Å²) in [6.07, 6.45) is 1.82. The van der Waals surface area contributed by atoms with Crippen molar-refractivity contribution >= 4 is 28.2 Å². The Bertz CT molecular complexity index is 714. The SMILES string of the molecule is O=C(O)c1ccc(Cn2ncc3ccccc32)s1. The predicted octanol–water partition coefficient (Wildman–Crippen LogP) is 2.84. The van der Waals surface area contributed by atoms with E-state index < -0.39 is 5.97 Å². The number of hydrogen-bond acceptors (Lipinski definition) is 3. The lowest BCUT2D eigenvalue weighted by molar-refractivity contribution is 0.0702. The van der Waals surface area contributed by atoms with Gasteiger partial charge in [-0.3, -0.25) is 4.68 Å². The van der Waals surface area contributed by atoms with Gasteiger partial charge in [-0.2, -0.15) is 5.10 Å². The molecule has 1 aromatic carbocycles. The number of carboxylic acids is 1. The molecule has 5 heteroatoms. The van der Waals surface area contributed by atoms with Crippen molar-refractivity contribution in [1.82, 2.24) is 9.78 Å². The van der Waals surface area contributed by atoms with Gasteiger partial charge in [0.05, 0.1) is 18.3 Å². The van der Waals surface area contributed by atoms with Gasteiger partial charge in [0.2, 0.25) is 0 Å². The second-order valence-electron chi connectivity index (χ2n) is 3.93. The Morgan fingerprint density at radius 3 is 2.89 bits per heavy atom. The summed E-state index contributed by atoms with van der Waals surface area (Å²) < 4.78 is 1.88. The maximum atomic E-state index is 10.8. The molecule has 2 aromatic heterocycles. The number of carboxylic acid groups (broad SMARTS) is 1. The zero-order chi connectivity index (χ0) is 12.5. The van der Waals surface area contributed by atoms with Gasteiger partial charge in [-0.25, -0.2) is 4.79 Å². The van der Waals surface area contributed by atoms with Gasteiger partial charge >= 0.3 is 5.97 Å². The number of rotatable bonds is 3. The summed E-state index contributed by atoms with van der Waals surface area (Å²) in [7, 11) is 0. The maximum Gasteiger partial charge on any atom is 0.345 e. The molecule has 0 fully saturated rings. The van der Waals surface area contributed by atoms with E-state index in [1.54, 1.807) is 6.07 Å². The van der Waals surface area contributed by atoms with E-state index in [9.17, 15) is 4.79 Å². The molecule has 90 valence electrons. The third-order valence-electron chi connectivity index (χ3n) is 2.73. The van der Waals surface area contributed by atoms with E-state index in [1.165, 1.54) is 11.3 Å². The molecule has 3 aromatic rings. The fourth-order valence-corrected chi connectivity index (χ4v) is 2.71. The molecule has 0 aliphatic carbocycles. The van der Waals surface area contributed by atoms with E-state index >= 15 is 0 Å². The summed E-state index contributed by atoms with van der Waals surface area (Å²) in [5.41, 5.74) is 1.06. The van der Waals surface area contributed by atoms with Gasteiger partial charge in [0.25, 0.3) is 0 Å². The Labute approximate surface area is 107 Å². The second kappa shape index (κ2) is 4.27. The van der Waals surface area contributed by atoms with Crippen molar-refractivity contribution in [3.63, 3.8) is 0 Å². The zero-order valence-corrected chi connectivity index (χ0v) is 10.2. The second-order valence-corrected chi connectivity index (χ2v) is 5.10. The number of nitrogens with zero attached hydrogens (tertiary/aromatic N) is 2. The van der Waals surface area contributed by atoms with E-state index in [0.29, 0.717) is 11.4 Å². The molecule has 0 amide bonds. The number of aromatic carboxylic acids is 1. The van der Waals surface area contributed by atoms with Gasteiger partial charge in [-0.05, 0) is 18.2 Å². The highest BCUT2D eigenvalue weighted by Gasteiger charge is 2.08. The fraction of sp³-hybridized carbons (Fsp3) is 0.0769. The monoisotopic (exact) mass is 258 g/mol. The highest BCUT2D eigenvalue weighted by molar-refractivity contribution is 7.13. The summed E-state index contributed by atoms with van der Waals surface area (Å²) in [5.74, 6) is -0.878. The third-order valence-corrected chi connectivity index (χ3v) is 3.79. The van der Waals surface area contributed by atoms with E-state index in [4.69, 9.17) is 5.11 Å². The molecule has 0 unspecified atom stereocenters. The van der Waals surface area contributed by atoms with Crippen molar-refractivity contribution in [2.75, 3.05) is 0 Å². The Morgan fingerprint density at radius 2 is 2.11 bits per heavy atom. The highest BCUT2D eigenvalue weighted by Crippen LogP contribution is 2.20. The van der Waals surface area contributed by atoms with Gasteiger partial charge in [0.15, 0.2) is 0 Å². The van der Waals surface area contributed by atoms with Gasteiger partial charge in [0, 0.05) is 10.3 Å². The van der Waals surface area contributed by atoms with Crippen LogP contribution in [0.5, 0.6) is 0 Å². The summed E-state index contributed by atoms with van der Waals surface area (Å²) in [4.78, 5) is 12.2. The lowest BCUT2D eigenvalue weighted by atomic mass is 10.2. The van der Waals surface area contributed by atoms with Gasteiger partial charge in [-0.15, -0.1) is 11.3 Å². The van der Waals surface area contributed by atoms with E-state index in [1.807, 2.05) is 41.2 Å². The number of aromatic nitrogens is 2. The van der Waals surface area contributed by atoms with Crippen molar-refractivity contribution < 1.29 is 9.90 Å². The Morgan fingerprint density at radius 1 is 1.28 bits per heavy atom. The zero-order valence-electron chi connectivity index (χ0n) is 9.41. The molecule has 0 radical (unpaired) electrons. The minimum atomic E-state index is -0.878. The van der Waals surface area contributed by atoms with E-state index in [2.05, 4.69) is 5.10 Å². The number of para-hydroxylation sites is 1. The van der Waals surface area contributed by atoms with Crippen molar-refractivity contribution in [2.24, 2.45) is 0 Å². The molecule has 0 aliphatic rings. The molecule has 0 aliphatic heterocycles. The van der Waals surface area contributed by atoms with Crippen molar-refractivity contribution in [3.8, 4) is 0 Å². The lowest BCUT2D eigenvalue weighted by Crippen LogP contribution is -1.99. The summed E-state index contributed by atoms with van der Waals surface area (Å²) in [6.45, 7) is 0.603. The van der Waals surface area contributed by atoms with E-state index in [0.717, 1.165) is 15.8 Å². The first-order chi connectivity index (χ1) is 8.74. The minimum Gasteiger partial charge on any atom is -0.477 e. The topological polar surface area (TPSA) is 55.1 Å². The van der Waals surface area contributed by atoms with Crippen LogP contribution in [-0.4, -0.2) is 20.9 Å². The average molecular weight is 258 g/mol. The first-order valence-corrected chi connectivity index (χ1v) is 6.28. The first-order valence-electron chi connectivity index (χ1n) is 5.46. The van der Waals surface area contributed by atoms with Crippen molar-refractivity contribution in [3.05, 3.63) is 52.3 Å². The molecule has 2 heterocycles.